The van der Waals surface area contributed by atoms with Crippen LogP contribution in [-0.2, 0) is 16.4 Å². The number of phenolic OH excluding ortho intramolecular Hbond substituents is 1. The van der Waals surface area contributed by atoms with Gasteiger partial charge in [0, 0.05) is 57.0 Å². The van der Waals surface area contributed by atoms with Gasteiger partial charge in [0.25, 0.3) is 17.7 Å². The number of carbonyl (C=O) groups is 3. The number of likely N-dealkylation sites (N-methyl/N-ethyl adjacent to an activating group) is 1. The van der Waals surface area contributed by atoms with E-state index in [1.807, 2.05) is 13.8 Å². The molecule has 0 aromatic heterocycles. The zero-order valence-electron chi connectivity index (χ0n) is 28.2. The van der Waals surface area contributed by atoms with E-state index in [4.69, 9.17) is 0 Å². The van der Waals surface area contributed by atoms with Gasteiger partial charge in [-0.25, -0.2) is 17.7 Å². The van der Waals surface area contributed by atoms with Gasteiger partial charge in [0.15, 0.2) is 0 Å². The van der Waals surface area contributed by atoms with Gasteiger partial charge in [0.2, 0.25) is 10.0 Å². The highest BCUT2D eigenvalue weighted by atomic mass is 32.2. The van der Waals surface area contributed by atoms with E-state index in [1.54, 1.807) is 54.3 Å². The van der Waals surface area contributed by atoms with E-state index in [9.17, 15) is 33.0 Å². The SMILES string of the molecule is CCCN(CCC)C(=O)c1cc(C(=O)NC(Cc2ccc(O)cc2)C(O)CN(CC)NC(=O)c2ccccc2)cc(S(=O)(=O)N(C)C)c1. The summed E-state index contributed by atoms with van der Waals surface area (Å²) in [5, 5.41) is 25.6. The van der Waals surface area contributed by atoms with E-state index in [-0.39, 0.29) is 40.6 Å². The fraction of sp³-hybridized carbons (Fsp3) is 0.400. The van der Waals surface area contributed by atoms with Gasteiger partial charge >= 0.3 is 0 Å². The first-order valence-electron chi connectivity index (χ1n) is 16.0. The van der Waals surface area contributed by atoms with Crippen LogP contribution in [0.5, 0.6) is 5.75 Å². The van der Waals surface area contributed by atoms with E-state index < -0.39 is 34.0 Å². The maximum Gasteiger partial charge on any atom is 0.265 e. The molecule has 13 heteroatoms. The first-order valence-corrected chi connectivity index (χ1v) is 17.5. The van der Waals surface area contributed by atoms with Gasteiger partial charge in [-0.05, 0) is 67.3 Å². The van der Waals surface area contributed by atoms with Crippen molar-refractivity contribution in [3.8, 4) is 5.75 Å². The van der Waals surface area contributed by atoms with E-state index >= 15 is 0 Å². The van der Waals surface area contributed by atoms with Crippen molar-refractivity contribution in [3.05, 3.63) is 95.1 Å². The highest BCUT2D eigenvalue weighted by Gasteiger charge is 2.28. The Morgan fingerprint density at radius 3 is 1.98 bits per heavy atom. The number of aliphatic hydroxyl groups excluding tert-OH is 1. The standard InChI is InChI=1S/C35H47N5O7S/c1-6-18-39(19-7-2)35(45)28-21-27(22-30(23-28)48(46,47)38(4)5)33(43)36-31(20-25-14-16-29(41)17-15-25)32(42)24-40(8-3)37-34(44)26-12-10-9-11-13-26/h9-17,21-23,31-32,41-42H,6-8,18-20,24H2,1-5H3,(H,36,43)(H,37,44). The van der Waals surface area contributed by atoms with Gasteiger partial charge in [-0.1, -0.05) is 51.1 Å². The predicted molar refractivity (Wildman–Crippen MR) is 184 cm³/mol. The van der Waals surface area contributed by atoms with Crippen LogP contribution >= 0.6 is 0 Å². The number of aliphatic hydroxyl groups is 1. The zero-order valence-corrected chi connectivity index (χ0v) is 29.0. The largest absolute Gasteiger partial charge is 0.508 e. The van der Waals surface area contributed by atoms with Gasteiger partial charge in [0.1, 0.15) is 5.75 Å². The lowest BCUT2D eigenvalue weighted by atomic mass is 9.99. The molecule has 0 saturated carbocycles. The third-order valence-corrected chi connectivity index (χ3v) is 9.52. The Labute approximate surface area is 283 Å². The Bertz CT molecular complexity index is 1630. The number of hydrogen-bond acceptors (Lipinski definition) is 8. The monoisotopic (exact) mass is 681 g/mol. The lowest BCUT2D eigenvalue weighted by Gasteiger charge is -2.30. The second-order valence-corrected chi connectivity index (χ2v) is 13.8. The molecule has 3 aromatic carbocycles. The lowest BCUT2D eigenvalue weighted by molar-refractivity contribution is 0.0471. The van der Waals surface area contributed by atoms with Crippen LogP contribution in [0.15, 0.2) is 77.7 Å². The molecule has 2 atom stereocenters. The number of hydrazine groups is 1. The molecule has 0 aliphatic heterocycles. The predicted octanol–water partition coefficient (Wildman–Crippen LogP) is 3.27. The maximum absolute atomic E-state index is 13.9. The molecular formula is C35H47N5O7S. The van der Waals surface area contributed by atoms with Gasteiger partial charge in [-0.3, -0.25) is 19.8 Å². The molecule has 0 spiro atoms. The van der Waals surface area contributed by atoms with Gasteiger partial charge in [-0.15, -0.1) is 0 Å². The average Bonchev–Trinajstić information content (AvgIpc) is 3.08. The minimum Gasteiger partial charge on any atom is -0.508 e. The van der Waals surface area contributed by atoms with Crippen molar-refractivity contribution in [1.82, 2.24) is 25.0 Å². The van der Waals surface area contributed by atoms with Gasteiger partial charge in [-0.2, -0.15) is 0 Å². The first kappa shape index (κ1) is 38.2. The van der Waals surface area contributed by atoms with E-state index in [0.717, 1.165) is 4.31 Å². The minimum atomic E-state index is -4.03. The summed E-state index contributed by atoms with van der Waals surface area (Å²) >= 11 is 0. The molecule has 0 radical (unpaired) electrons. The molecule has 0 fully saturated rings. The molecule has 0 bridgehead atoms. The summed E-state index contributed by atoms with van der Waals surface area (Å²) in [6.45, 7) is 6.91. The number of phenols is 1. The van der Waals surface area contributed by atoms with Crippen LogP contribution in [0.25, 0.3) is 0 Å². The zero-order chi connectivity index (χ0) is 35.4. The van der Waals surface area contributed by atoms with E-state index in [0.29, 0.717) is 43.6 Å². The fourth-order valence-electron chi connectivity index (χ4n) is 5.08. The molecule has 4 N–H and O–H groups in total. The Balaban J connectivity index is 1.97. The van der Waals surface area contributed by atoms with Crippen LogP contribution in [0, 0.1) is 0 Å². The Morgan fingerprint density at radius 1 is 0.812 bits per heavy atom. The van der Waals surface area contributed by atoms with Crippen molar-refractivity contribution in [2.24, 2.45) is 0 Å². The lowest BCUT2D eigenvalue weighted by Crippen LogP contribution is -2.53. The molecular weight excluding hydrogens is 634 g/mol. The molecule has 0 heterocycles. The molecule has 48 heavy (non-hydrogen) atoms. The topological polar surface area (TPSA) is 160 Å². The number of benzene rings is 3. The number of nitrogens with zero attached hydrogens (tertiary/aromatic N) is 3. The Hall–Kier alpha value is -4.30. The van der Waals surface area contributed by atoms with Crippen LogP contribution in [0.4, 0.5) is 0 Å². The molecule has 2 unspecified atom stereocenters. The molecule has 3 aromatic rings. The summed E-state index contributed by atoms with van der Waals surface area (Å²) in [5.74, 6) is -1.40. The number of aromatic hydroxyl groups is 1. The highest BCUT2D eigenvalue weighted by molar-refractivity contribution is 7.89. The number of amides is 3. The van der Waals surface area contributed by atoms with Crippen LogP contribution in [0.2, 0.25) is 0 Å². The third kappa shape index (κ3) is 10.3. The number of carbonyl (C=O) groups excluding carboxylic acids is 3. The third-order valence-electron chi connectivity index (χ3n) is 7.73. The minimum absolute atomic E-state index is 0.0527. The van der Waals surface area contributed by atoms with Crippen molar-refractivity contribution in [1.29, 1.82) is 0 Å². The summed E-state index contributed by atoms with van der Waals surface area (Å²) in [6, 6.07) is 17.9. The van der Waals surface area contributed by atoms with Crippen LogP contribution in [0.3, 0.4) is 0 Å². The average molecular weight is 682 g/mol. The number of nitrogens with one attached hydrogen (secondary N) is 2. The maximum atomic E-state index is 13.9. The van der Waals surface area contributed by atoms with Crippen molar-refractivity contribution in [2.75, 3.05) is 40.3 Å². The second kappa shape index (κ2) is 17.7. The molecule has 260 valence electrons. The summed E-state index contributed by atoms with van der Waals surface area (Å²) < 4.78 is 27.4. The summed E-state index contributed by atoms with van der Waals surface area (Å²) in [5.41, 5.74) is 3.91. The van der Waals surface area contributed by atoms with Crippen LogP contribution in [0.1, 0.15) is 70.3 Å². The van der Waals surface area contributed by atoms with Gasteiger partial charge < -0.3 is 20.4 Å². The molecule has 12 nitrogen and oxygen atoms in total. The summed E-state index contributed by atoms with van der Waals surface area (Å²) in [6.07, 6.45) is 0.330. The van der Waals surface area contributed by atoms with Crippen molar-refractivity contribution >= 4 is 27.7 Å². The molecule has 0 aliphatic rings. The Kier molecular flexibility index (Phi) is 14.1. The summed E-state index contributed by atoms with van der Waals surface area (Å²) in [7, 11) is -1.30. The quantitative estimate of drug-likeness (QED) is 0.158. The smallest absolute Gasteiger partial charge is 0.265 e. The highest BCUT2D eigenvalue weighted by Crippen LogP contribution is 2.21. The molecule has 0 saturated heterocycles. The molecule has 3 amide bonds. The number of hydrogen-bond donors (Lipinski definition) is 4. The van der Waals surface area contributed by atoms with Gasteiger partial charge in [0.05, 0.1) is 17.0 Å². The molecule has 0 aliphatic carbocycles. The molecule has 3 rings (SSSR count). The van der Waals surface area contributed by atoms with Crippen molar-refractivity contribution < 1.29 is 33.0 Å². The Morgan fingerprint density at radius 2 is 1.42 bits per heavy atom. The first-order chi connectivity index (χ1) is 22.8. The normalized spacial score (nSPS) is 12.8. The number of rotatable bonds is 17. The van der Waals surface area contributed by atoms with E-state index in [1.165, 1.54) is 49.4 Å². The second-order valence-electron chi connectivity index (χ2n) is 11.7. The van der Waals surface area contributed by atoms with E-state index in [2.05, 4.69) is 10.7 Å². The summed E-state index contributed by atoms with van der Waals surface area (Å²) in [4.78, 5) is 41.7. The van der Waals surface area contributed by atoms with Crippen LogP contribution in [-0.4, -0.2) is 103 Å². The van der Waals surface area contributed by atoms with Crippen LogP contribution < -0.4 is 10.7 Å². The van der Waals surface area contributed by atoms with Crippen molar-refractivity contribution in [3.63, 3.8) is 0 Å². The fourth-order valence-corrected chi connectivity index (χ4v) is 6.05. The number of sulfonamides is 1. The van der Waals surface area contributed by atoms with Crippen molar-refractivity contribution in [2.45, 2.75) is 57.1 Å².